The van der Waals surface area contributed by atoms with Crippen LogP contribution in [0.3, 0.4) is 0 Å². The number of benzene rings is 3. The quantitative estimate of drug-likeness (QED) is 0.326. The molecular formula is C27H29N3O6S. The number of nitrogens with one attached hydrogen (secondary N) is 1. The van der Waals surface area contributed by atoms with E-state index in [9.17, 15) is 23.3 Å². The van der Waals surface area contributed by atoms with E-state index in [0.717, 1.165) is 35.2 Å². The Labute approximate surface area is 216 Å². The highest BCUT2D eigenvalue weighted by molar-refractivity contribution is 7.92. The van der Waals surface area contributed by atoms with Gasteiger partial charge in [0.2, 0.25) is 5.91 Å². The van der Waals surface area contributed by atoms with E-state index in [0.29, 0.717) is 11.3 Å². The van der Waals surface area contributed by atoms with Crippen molar-refractivity contribution in [2.45, 2.75) is 44.0 Å². The Bertz CT molecular complexity index is 1440. The molecule has 0 radical (unpaired) electrons. The molecule has 1 aliphatic rings. The number of ether oxygens (including phenoxy) is 1. The zero-order valence-electron chi connectivity index (χ0n) is 20.9. The predicted molar refractivity (Wildman–Crippen MR) is 140 cm³/mol. The molecule has 9 nitrogen and oxygen atoms in total. The van der Waals surface area contributed by atoms with Gasteiger partial charge in [-0.2, -0.15) is 0 Å². The average Bonchev–Trinajstić information content (AvgIpc) is 3.35. The Hall–Kier alpha value is -3.92. The number of amides is 1. The highest BCUT2D eigenvalue weighted by Gasteiger charge is 2.30. The number of nitrogens with zero attached hydrogens (tertiary/aromatic N) is 2. The van der Waals surface area contributed by atoms with Crippen molar-refractivity contribution in [3.63, 3.8) is 0 Å². The lowest BCUT2D eigenvalue weighted by molar-refractivity contribution is -0.385. The molecule has 0 spiro atoms. The van der Waals surface area contributed by atoms with Crippen LogP contribution >= 0.6 is 0 Å². The number of sulfonamides is 1. The van der Waals surface area contributed by atoms with Gasteiger partial charge in [0.25, 0.3) is 15.7 Å². The second-order valence-electron chi connectivity index (χ2n) is 9.09. The summed E-state index contributed by atoms with van der Waals surface area (Å²) in [4.78, 5) is 23.7. The molecule has 0 heterocycles. The van der Waals surface area contributed by atoms with Crippen LogP contribution in [0.1, 0.15) is 41.6 Å². The molecule has 1 amide bonds. The fraction of sp³-hybridized carbons (Fsp3) is 0.296. The maximum atomic E-state index is 13.7. The molecule has 0 fully saturated rings. The van der Waals surface area contributed by atoms with Crippen molar-refractivity contribution >= 4 is 27.3 Å². The van der Waals surface area contributed by atoms with Gasteiger partial charge in [0.15, 0.2) is 0 Å². The zero-order valence-corrected chi connectivity index (χ0v) is 21.7. The van der Waals surface area contributed by atoms with Crippen molar-refractivity contribution < 1.29 is 22.9 Å². The molecule has 10 heteroatoms. The smallest absolute Gasteiger partial charge is 0.273 e. The summed E-state index contributed by atoms with van der Waals surface area (Å²) in [6.07, 6.45) is 3.18. The van der Waals surface area contributed by atoms with Crippen molar-refractivity contribution in [1.82, 2.24) is 5.32 Å². The third kappa shape index (κ3) is 5.59. The lowest BCUT2D eigenvalue weighted by atomic mass is 10.0. The van der Waals surface area contributed by atoms with Gasteiger partial charge in [-0.05, 0) is 80.1 Å². The molecule has 0 aromatic heterocycles. The number of hydrogen-bond donors (Lipinski definition) is 1. The number of methoxy groups -OCH3 is 1. The number of nitro benzene ring substituents is 1. The number of carbonyl (C=O) groups is 1. The summed E-state index contributed by atoms with van der Waals surface area (Å²) in [5.74, 6) is 0.00996. The summed E-state index contributed by atoms with van der Waals surface area (Å²) in [6.45, 7) is 2.87. The summed E-state index contributed by atoms with van der Waals surface area (Å²) in [5.41, 5.74) is 3.80. The first-order chi connectivity index (χ1) is 17.6. The van der Waals surface area contributed by atoms with Crippen molar-refractivity contribution in [3.05, 3.63) is 93.0 Å². The summed E-state index contributed by atoms with van der Waals surface area (Å²) in [6, 6.07) is 15.7. The van der Waals surface area contributed by atoms with Crippen LogP contribution in [0, 0.1) is 17.0 Å². The van der Waals surface area contributed by atoms with Crippen molar-refractivity contribution in [3.8, 4) is 5.75 Å². The number of rotatable bonds is 9. The van der Waals surface area contributed by atoms with Gasteiger partial charge in [-0.15, -0.1) is 0 Å². The van der Waals surface area contributed by atoms with E-state index in [2.05, 4.69) is 17.4 Å². The normalized spacial score (nSPS) is 13.5. The van der Waals surface area contributed by atoms with Gasteiger partial charge < -0.3 is 10.1 Å². The van der Waals surface area contributed by atoms with E-state index in [1.807, 2.05) is 13.0 Å². The van der Waals surface area contributed by atoms with Crippen LogP contribution in [-0.4, -0.2) is 32.9 Å². The van der Waals surface area contributed by atoms with Gasteiger partial charge in [0.05, 0.1) is 28.7 Å². The molecule has 0 saturated heterocycles. The minimum atomic E-state index is -4.32. The number of anilines is 1. The number of carbonyl (C=O) groups excluding carboxylic acids is 1. The average molecular weight is 524 g/mol. The Morgan fingerprint density at radius 3 is 2.46 bits per heavy atom. The third-order valence-corrected chi connectivity index (χ3v) is 8.38. The van der Waals surface area contributed by atoms with Crippen LogP contribution in [0.25, 0.3) is 0 Å². The van der Waals surface area contributed by atoms with Crippen LogP contribution < -0.4 is 14.4 Å². The highest BCUT2D eigenvalue weighted by Crippen LogP contribution is 2.29. The maximum absolute atomic E-state index is 13.7. The topological polar surface area (TPSA) is 119 Å². The first kappa shape index (κ1) is 26.2. The lowest BCUT2D eigenvalue weighted by Gasteiger charge is -2.25. The first-order valence-electron chi connectivity index (χ1n) is 11.9. The van der Waals surface area contributed by atoms with Crippen LogP contribution in [0.2, 0.25) is 0 Å². The molecule has 0 saturated carbocycles. The molecule has 1 aliphatic carbocycles. The molecule has 194 valence electrons. The summed E-state index contributed by atoms with van der Waals surface area (Å²) in [5, 5.41) is 14.3. The van der Waals surface area contributed by atoms with Gasteiger partial charge in [0.1, 0.15) is 12.3 Å². The summed E-state index contributed by atoms with van der Waals surface area (Å²) in [7, 11) is -2.83. The highest BCUT2D eigenvalue weighted by atomic mass is 32.2. The molecule has 1 atom stereocenters. The van der Waals surface area contributed by atoms with Gasteiger partial charge in [0, 0.05) is 11.6 Å². The molecule has 3 aromatic carbocycles. The molecule has 0 unspecified atom stereocenters. The summed E-state index contributed by atoms with van der Waals surface area (Å²) < 4.78 is 33.5. The number of hydrogen-bond acceptors (Lipinski definition) is 6. The molecule has 1 N–H and O–H groups in total. The summed E-state index contributed by atoms with van der Waals surface area (Å²) >= 11 is 0. The molecule has 0 bridgehead atoms. The SMILES string of the molecule is COc1ccc(N(CC(=O)N[C@H](C)c2ccc3c(c2)CCC3)S(=O)(=O)c2ccc(C)c([N+](=O)[O-])c2)cc1. The number of nitro groups is 1. The second-order valence-corrected chi connectivity index (χ2v) is 10.9. The molecule has 37 heavy (non-hydrogen) atoms. The fourth-order valence-electron chi connectivity index (χ4n) is 4.50. The monoisotopic (exact) mass is 523 g/mol. The van der Waals surface area contributed by atoms with Crippen LogP contribution in [0.5, 0.6) is 5.75 Å². The standard InChI is InChI=1S/C27H29N3O6S/c1-18-7-14-25(16-26(18)30(32)33)37(34,35)29(23-10-12-24(36-3)13-11-23)17-27(31)28-19(2)21-9-8-20-5-4-6-22(20)15-21/h7-16,19H,4-6,17H2,1-3H3,(H,28,31)/t19-/m1/s1. The van der Waals surface area contributed by atoms with E-state index in [-0.39, 0.29) is 22.3 Å². The fourth-order valence-corrected chi connectivity index (χ4v) is 5.94. The van der Waals surface area contributed by atoms with Crippen molar-refractivity contribution in [1.29, 1.82) is 0 Å². The van der Waals surface area contributed by atoms with Crippen molar-refractivity contribution in [2.24, 2.45) is 0 Å². The Kier molecular flexibility index (Phi) is 7.49. The van der Waals surface area contributed by atoms with Crippen LogP contribution in [0.4, 0.5) is 11.4 Å². The zero-order chi connectivity index (χ0) is 26.7. The van der Waals surface area contributed by atoms with E-state index >= 15 is 0 Å². The lowest BCUT2D eigenvalue weighted by Crippen LogP contribution is -2.41. The first-order valence-corrected chi connectivity index (χ1v) is 13.4. The van der Waals surface area contributed by atoms with Crippen LogP contribution in [-0.2, 0) is 27.7 Å². The molecule has 4 rings (SSSR count). The van der Waals surface area contributed by atoms with Crippen LogP contribution in [0.15, 0.2) is 65.6 Å². The largest absolute Gasteiger partial charge is 0.497 e. The van der Waals surface area contributed by atoms with Gasteiger partial charge in [-0.1, -0.05) is 24.3 Å². The molecule has 0 aliphatic heterocycles. The molecular weight excluding hydrogens is 494 g/mol. The number of aryl methyl sites for hydroxylation is 3. The van der Waals surface area contributed by atoms with Crippen molar-refractivity contribution in [2.75, 3.05) is 18.0 Å². The molecule has 3 aromatic rings. The Balaban J connectivity index is 1.63. The predicted octanol–water partition coefficient (Wildman–Crippen LogP) is 4.47. The van der Waals surface area contributed by atoms with Gasteiger partial charge in [-0.25, -0.2) is 8.42 Å². The number of fused-ring (bicyclic) bond motifs is 1. The van der Waals surface area contributed by atoms with E-state index < -0.39 is 27.4 Å². The van der Waals surface area contributed by atoms with Gasteiger partial charge in [-0.3, -0.25) is 19.2 Å². The Morgan fingerprint density at radius 1 is 1.08 bits per heavy atom. The minimum Gasteiger partial charge on any atom is -0.497 e. The van der Waals surface area contributed by atoms with E-state index in [1.165, 1.54) is 49.4 Å². The minimum absolute atomic E-state index is 0.226. The second kappa shape index (κ2) is 10.6. The maximum Gasteiger partial charge on any atom is 0.273 e. The van der Waals surface area contributed by atoms with E-state index in [1.54, 1.807) is 12.1 Å². The van der Waals surface area contributed by atoms with E-state index in [4.69, 9.17) is 4.74 Å². The Morgan fingerprint density at radius 2 is 1.78 bits per heavy atom. The third-order valence-electron chi connectivity index (χ3n) is 6.61. The van der Waals surface area contributed by atoms with Gasteiger partial charge >= 0.3 is 0 Å².